The van der Waals surface area contributed by atoms with Gasteiger partial charge in [-0.05, 0) is 25.1 Å². The summed E-state index contributed by atoms with van der Waals surface area (Å²) in [5.41, 5.74) is 0. The van der Waals surface area contributed by atoms with Gasteiger partial charge >= 0.3 is 5.97 Å². The van der Waals surface area contributed by atoms with Gasteiger partial charge in [-0.25, -0.2) is 0 Å². The second kappa shape index (κ2) is 6.16. The first-order valence-corrected chi connectivity index (χ1v) is 10.4. The van der Waals surface area contributed by atoms with Crippen molar-refractivity contribution in [1.29, 1.82) is 0 Å². The zero-order valence-corrected chi connectivity index (χ0v) is 14.9. The lowest BCUT2D eigenvalue weighted by atomic mass is 9.85. The molecule has 0 spiro atoms. The molecule has 4 nitrogen and oxygen atoms in total. The molecule has 1 heterocycles. The number of aliphatic hydroxyl groups is 1. The normalized spacial score (nSPS) is 32.1. The molecule has 0 amide bonds. The predicted molar refractivity (Wildman–Crippen MR) is 82.0 cm³/mol. The van der Waals surface area contributed by atoms with E-state index >= 15 is 0 Å². The summed E-state index contributed by atoms with van der Waals surface area (Å²) < 4.78 is 11.9. The summed E-state index contributed by atoms with van der Waals surface area (Å²) >= 11 is 0. The quantitative estimate of drug-likeness (QED) is 0.641. The average Bonchev–Trinajstić information content (AvgIpc) is 2.30. The van der Waals surface area contributed by atoms with Crippen LogP contribution in [0.5, 0.6) is 0 Å². The van der Waals surface area contributed by atoms with Crippen LogP contribution in [-0.2, 0) is 14.0 Å². The number of cyclic esters (lactones) is 1. The molecule has 1 rings (SSSR count). The van der Waals surface area contributed by atoms with Crippen LogP contribution >= 0.6 is 0 Å². The smallest absolute Gasteiger partial charge is 0.311 e. The van der Waals surface area contributed by atoms with Crippen LogP contribution in [0.1, 0.15) is 41.0 Å². The molecule has 20 heavy (non-hydrogen) atoms. The van der Waals surface area contributed by atoms with Crippen LogP contribution < -0.4 is 0 Å². The van der Waals surface area contributed by atoms with Crippen LogP contribution in [0.3, 0.4) is 0 Å². The summed E-state index contributed by atoms with van der Waals surface area (Å²) in [5.74, 6) is -0.330. The van der Waals surface area contributed by atoms with Crippen LogP contribution in [0.15, 0.2) is 0 Å². The van der Waals surface area contributed by atoms with Gasteiger partial charge in [-0.15, -0.1) is 0 Å². The SMILES string of the molecule is C[C@@H]1C(=O)O[C@@H](CCO)[C@@H](C)C1O[Si](C)(C)C(C)(C)C. The second-order valence-electron chi connectivity index (χ2n) is 7.48. The number of carbonyl (C=O) groups is 1. The maximum Gasteiger partial charge on any atom is 0.311 e. The van der Waals surface area contributed by atoms with Crippen LogP contribution in [0, 0.1) is 11.8 Å². The Labute approximate surface area is 124 Å². The average molecular weight is 302 g/mol. The molecule has 0 aliphatic carbocycles. The van der Waals surface area contributed by atoms with Crippen molar-refractivity contribution in [2.24, 2.45) is 11.8 Å². The number of hydrogen-bond acceptors (Lipinski definition) is 4. The molecule has 1 aliphatic heterocycles. The molecule has 118 valence electrons. The molecular formula is C15H30O4Si. The number of hydrogen-bond donors (Lipinski definition) is 1. The van der Waals surface area contributed by atoms with E-state index in [0.29, 0.717) is 6.42 Å². The van der Waals surface area contributed by atoms with Gasteiger partial charge in [0.05, 0.1) is 12.0 Å². The number of esters is 1. The Balaban J connectivity index is 2.92. The largest absolute Gasteiger partial charge is 0.462 e. The maximum atomic E-state index is 12.0. The highest BCUT2D eigenvalue weighted by Crippen LogP contribution is 2.41. The lowest BCUT2D eigenvalue weighted by Gasteiger charge is -2.46. The van der Waals surface area contributed by atoms with Gasteiger partial charge in [0.25, 0.3) is 0 Å². The first-order chi connectivity index (χ1) is 9.01. The Hall–Kier alpha value is -0.393. The third kappa shape index (κ3) is 3.62. The molecular weight excluding hydrogens is 272 g/mol. The minimum absolute atomic E-state index is 0.0312. The van der Waals surface area contributed by atoms with Crippen molar-refractivity contribution in [3.8, 4) is 0 Å². The Morgan fingerprint density at radius 3 is 2.30 bits per heavy atom. The van der Waals surface area contributed by atoms with E-state index in [1.165, 1.54) is 0 Å². The van der Waals surface area contributed by atoms with Gasteiger partial charge in [0, 0.05) is 18.9 Å². The number of aliphatic hydroxyl groups excluding tert-OH is 1. The molecule has 1 saturated heterocycles. The van der Waals surface area contributed by atoms with E-state index in [4.69, 9.17) is 14.3 Å². The highest BCUT2D eigenvalue weighted by Gasteiger charge is 2.47. The lowest BCUT2D eigenvalue weighted by molar-refractivity contribution is -0.177. The fourth-order valence-electron chi connectivity index (χ4n) is 2.34. The Morgan fingerprint density at radius 1 is 1.30 bits per heavy atom. The third-order valence-electron chi connectivity index (χ3n) is 4.89. The molecule has 0 radical (unpaired) electrons. The molecule has 1 unspecified atom stereocenters. The van der Waals surface area contributed by atoms with Crippen molar-refractivity contribution in [3.05, 3.63) is 0 Å². The van der Waals surface area contributed by atoms with E-state index in [0.717, 1.165) is 0 Å². The fraction of sp³-hybridized carbons (Fsp3) is 0.933. The van der Waals surface area contributed by atoms with E-state index < -0.39 is 8.32 Å². The number of carbonyl (C=O) groups excluding carboxylic acids is 1. The topological polar surface area (TPSA) is 55.8 Å². The maximum absolute atomic E-state index is 12.0. The van der Waals surface area contributed by atoms with Gasteiger partial charge in [0.15, 0.2) is 8.32 Å². The molecule has 1 N–H and O–H groups in total. The van der Waals surface area contributed by atoms with Crippen LogP contribution in [0.2, 0.25) is 18.1 Å². The molecule has 0 bridgehead atoms. The minimum atomic E-state index is -1.93. The van der Waals surface area contributed by atoms with Crippen molar-refractivity contribution in [1.82, 2.24) is 0 Å². The first-order valence-electron chi connectivity index (χ1n) is 7.50. The molecule has 4 atom stereocenters. The highest BCUT2D eigenvalue weighted by molar-refractivity contribution is 6.74. The van der Waals surface area contributed by atoms with Crippen molar-refractivity contribution in [2.75, 3.05) is 6.61 Å². The molecule has 0 aromatic heterocycles. The molecule has 5 heteroatoms. The number of ether oxygens (including phenoxy) is 1. The summed E-state index contributed by atoms with van der Waals surface area (Å²) in [4.78, 5) is 12.0. The second-order valence-corrected chi connectivity index (χ2v) is 12.2. The molecule has 1 fully saturated rings. The standard InChI is InChI=1S/C15H30O4Si/c1-10-12(8-9-16)18-14(17)11(2)13(10)19-20(6,7)15(3,4)5/h10-13,16H,8-9H2,1-7H3/t10-,11+,12+,13?/m1/s1. The van der Waals surface area contributed by atoms with E-state index in [2.05, 4.69) is 40.8 Å². The zero-order valence-electron chi connectivity index (χ0n) is 13.9. The predicted octanol–water partition coefficient (Wildman–Crippen LogP) is 2.96. The summed E-state index contributed by atoms with van der Waals surface area (Å²) in [5, 5.41) is 9.22. The molecule has 0 aromatic rings. The Morgan fingerprint density at radius 2 is 1.85 bits per heavy atom. The minimum Gasteiger partial charge on any atom is -0.462 e. The molecule has 1 aliphatic rings. The summed E-state index contributed by atoms with van der Waals surface area (Å²) in [6.45, 7) is 15.0. The Bertz CT molecular complexity index is 348. The summed E-state index contributed by atoms with van der Waals surface area (Å²) in [7, 11) is -1.93. The van der Waals surface area contributed by atoms with Crippen molar-refractivity contribution < 1.29 is 19.1 Å². The monoisotopic (exact) mass is 302 g/mol. The molecule has 0 aromatic carbocycles. The van der Waals surface area contributed by atoms with Crippen molar-refractivity contribution in [2.45, 2.75) is 71.4 Å². The fourth-order valence-corrected chi connectivity index (χ4v) is 3.79. The lowest BCUT2D eigenvalue weighted by Crippen LogP contribution is -2.54. The van der Waals surface area contributed by atoms with Gasteiger partial charge in [0.2, 0.25) is 0 Å². The van der Waals surface area contributed by atoms with Crippen LogP contribution in [-0.4, -0.2) is 38.2 Å². The highest BCUT2D eigenvalue weighted by atomic mass is 28.4. The van der Waals surface area contributed by atoms with E-state index in [1.807, 2.05) is 6.92 Å². The Kier molecular flexibility index (Phi) is 5.44. The molecule has 0 saturated carbocycles. The van der Waals surface area contributed by atoms with Crippen LogP contribution in [0.25, 0.3) is 0 Å². The van der Waals surface area contributed by atoms with Gasteiger partial charge in [-0.1, -0.05) is 27.7 Å². The first kappa shape index (κ1) is 17.7. The summed E-state index contributed by atoms with van der Waals surface area (Å²) in [6, 6.07) is 0. The van der Waals surface area contributed by atoms with Gasteiger partial charge in [0.1, 0.15) is 6.10 Å². The van der Waals surface area contributed by atoms with Gasteiger partial charge in [-0.2, -0.15) is 0 Å². The van der Waals surface area contributed by atoms with Gasteiger partial charge < -0.3 is 14.3 Å². The zero-order chi connectivity index (χ0) is 15.7. The van der Waals surface area contributed by atoms with E-state index in [9.17, 15) is 4.79 Å². The summed E-state index contributed by atoms with van der Waals surface area (Å²) in [6.07, 6.45) is 0.129. The third-order valence-corrected chi connectivity index (χ3v) is 9.36. The van der Waals surface area contributed by atoms with Gasteiger partial charge in [-0.3, -0.25) is 4.79 Å². The van der Waals surface area contributed by atoms with Crippen LogP contribution in [0.4, 0.5) is 0 Å². The number of rotatable bonds is 4. The van der Waals surface area contributed by atoms with Crippen molar-refractivity contribution in [3.63, 3.8) is 0 Å². The van der Waals surface area contributed by atoms with E-state index in [1.54, 1.807) is 0 Å². The van der Waals surface area contributed by atoms with E-state index in [-0.39, 0.29) is 41.7 Å². The van der Waals surface area contributed by atoms with Crippen molar-refractivity contribution >= 4 is 14.3 Å².